The zero-order valence-electron chi connectivity index (χ0n) is 14.2. The van der Waals surface area contributed by atoms with Crippen LogP contribution < -0.4 is 9.64 Å². The Kier molecular flexibility index (Phi) is 6.14. The SMILES string of the molecule is CCn1c(SCCOc2cccc(C#N)c2)nnc1N1CCOCC1. The van der Waals surface area contributed by atoms with Crippen molar-refractivity contribution in [2.45, 2.75) is 18.6 Å². The largest absolute Gasteiger partial charge is 0.493 e. The van der Waals surface area contributed by atoms with Gasteiger partial charge in [-0.05, 0) is 25.1 Å². The molecule has 0 aliphatic carbocycles. The highest BCUT2D eigenvalue weighted by Gasteiger charge is 2.19. The van der Waals surface area contributed by atoms with Gasteiger partial charge in [-0.3, -0.25) is 4.57 Å². The second-order valence-corrected chi connectivity index (χ2v) is 6.52. The number of benzene rings is 1. The molecule has 3 rings (SSSR count). The van der Waals surface area contributed by atoms with Crippen LogP contribution in [-0.2, 0) is 11.3 Å². The fourth-order valence-corrected chi connectivity index (χ4v) is 3.42. The van der Waals surface area contributed by atoms with E-state index in [1.165, 1.54) is 0 Å². The molecule has 1 aromatic carbocycles. The lowest BCUT2D eigenvalue weighted by molar-refractivity contribution is 0.121. The van der Waals surface area contributed by atoms with E-state index in [4.69, 9.17) is 14.7 Å². The molecule has 1 aromatic heterocycles. The highest BCUT2D eigenvalue weighted by atomic mass is 32.2. The third-order valence-corrected chi connectivity index (χ3v) is 4.78. The Labute approximate surface area is 151 Å². The predicted molar refractivity (Wildman–Crippen MR) is 96.1 cm³/mol. The molecule has 0 amide bonds. The summed E-state index contributed by atoms with van der Waals surface area (Å²) in [5.74, 6) is 2.39. The Morgan fingerprint density at radius 3 is 2.92 bits per heavy atom. The smallest absolute Gasteiger partial charge is 0.228 e. The van der Waals surface area contributed by atoms with E-state index in [0.717, 1.165) is 49.7 Å². The summed E-state index contributed by atoms with van der Waals surface area (Å²) >= 11 is 1.63. The molecule has 0 unspecified atom stereocenters. The van der Waals surface area contributed by atoms with E-state index in [0.29, 0.717) is 17.9 Å². The second-order valence-electron chi connectivity index (χ2n) is 5.46. The standard InChI is InChI=1S/C17H21N5O2S/c1-2-22-16(21-6-8-23-9-7-21)19-20-17(22)25-11-10-24-15-5-3-4-14(12-15)13-18/h3-5,12H,2,6-11H2,1H3. The van der Waals surface area contributed by atoms with Gasteiger partial charge in [0, 0.05) is 25.4 Å². The number of rotatable bonds is 7. The summed E-state index contributed by atoms with van der Waals surface area (Å²) in [6.45, 7) is 6.63. The number of hydrogen-bond donors (Lipinski definition) is 0. The summed E-state index contributed by atoms with van der Waals surface area (Å²) in [7, 11) is 0. The van der Waals surface area contributed by atoms with Gasteiger partial charge in [0.05, 0.1) is 31.5 Å². The van der Waals surface area contributed by atoms with Gasteiger partial charge in [0.15, 0.2) is 5.16 Å². The Morgan fingerprint density at radius 2 is 2.16 bits per heavy atom. The van der Waals surface area contributed by atoms with Crippen molar-refractivity contribution in [2.75, 3.05) is 43.6 Å². The number of nitrogens with zero attached hydrogens (tertiary/aromatic N) is 5. The van der Waals surface area contributed by atoms with E-state index in [2.05, 4.69) is 32.7 Å². The number of thioether (sulfide) groups is 1. The van der Waals surface area contributed by atoms with Crippen molar-refractivity contribution >= 4 is 17.7 Å². The molecule has 0 radical (unpaired) electrons. The molecule has 2 heterocycles. The van der Waals surface area contributed by atoms with Crippen LogP contribution in [0, 0.1) is 11.3 Å². The van der Waals surface area contributed by atoms with Crippen molar-refractivity contribution in [1.29, 1.82) is 5.26 Å². The van der Waals surface area contributed by atoms with Gasteiger partial charge in [0.1, 0.15) is 5.75 Å². The first-order chi connectivity index (χ1) is 12.3. The Hall–Kier alpha value is -2.24. The molecule has 1 saturated heterocycles. The maximum atomic E-state index is 8.91. The lowest BCUT2D eigenvalue weighted by Gasteiger charge is -2.27. The zero-order valence-corrected chi connectivity index (χ0v) is 15.0. The van der Waals surface area contributed by atoms with Crippen LogP contribution >= 0.6 is 11.8 Å². The minimum absolute atomic E-state index is 0.545. The van der Waals surface area contributed by atoms with E-state index in [1.807, 2.05) is 12.1 Å². The summed E-state index contributed by atoms with van der Waals surface area (Å²) in [4.78, 5) is 2.22. The Balaban J connectivity index is 1.54. The molecule has 0 bridgehead atoms. The molecule has 25 heavy (non-hydrogen) atoms. The van der Waals surface area contributed by atoms with Crippen molar-refractivity contribution in [3.63, 3.8) is 0 Å². The molecule has 1 aliphatic rings. The van der Waals surface area contributed by atoms with Gasteiger partial charge in [-0.1, -0.05) is 17.8 Å². The van der Waals surface area contributed by atoms with Crippen molar-refractivity contribution in [2.24, 2.45) is 0 Å². The van der Waals surface area contributed by atoms with Gasteiger partial charge in [0.2, 0.25) is 5.95 Å². The molecule has 0 spiro atoms. The van der Waals surface area contributed by atoms with Crippen molar-refractivity contribution in [1.82, 2.24) is 14.8 Å². The molecule has 2 aromatic rings. The van der Waals surface area contributed by atoms with Crippen LogP contribution in [0.15, 0.2) is 29.4 Å². The molecule has 1 aliphatic heterocycles. The van der Waals surface area contributed by atoms with Crippen LogP contribution in [0.4, 0.5) is 5.95 Å². The molecule has 7 nitrogen and oxygen atoms in total. The molecule has 132 valence electrons. The molecule has 1 fully saturated rings. The summed E-state index contributed by atoms with van der Waals surface area (Å²) in [6, 6.07) is 9.30. The first kappa shape index (κ1) is 17.6. The van der Waals surface area contributed by atoms with Gasteiger partial charge in [-0.15, -0.1) is 10.2 Å². The van der Waals surface area contributed by atoms with Crippen LogP contribution in [0.25, 0.3) is 0 Å². The number of anilines is 1. The second kappa shape index (κ2) is 8.74. The first-order valence-corrected chi connectivity index (χ1v) is 9.32. The Morgan fingerprint density at radius 1 is 1.32 bits per heavy atom. The highest BCUT2D eigenvalue weighted by molar-refractivity contribution is 7.99. The van der Waals surface area contributed by atoms with Crippen LogP contribution in [0.5, 0.6) is 5.75 Å². The average molecular weight is 359 g/mol. The fourth-order valence-electron chi connectivity index (χ4n) is 2.61. The summed E-state index contributed by atoms with van der Waals surface area (Å²) in [5, 5.41) is 18.5. The minimum atomic E-state index is 0.545. The number of hydrogen-bond acceptors (Lipinski definition) is 7. The number of morpholine rings is 1. The lowest BCUT2D eigenvalue weighted by Crippen LogP contribution is -2.38. The number of nitriles is 1. The molecule has 0 atom stereocenters. The van der Waals surface area contributed by atoms with Crippen molar-refractivity contribution in [3.8, 4) is 11.8 Å². The highest BCUT2D eigenvalue weighted by Crippen LogP contribution is 2.23. The maximum Gasteiger partial charge on any atom is 0.228 e. The van der Waals surface area contributed by atoms with Gasteiger partial charge in [0.25, 0.3) is 0 Å². The molecule has 0 saturated carbocycles. The molecular formula is C17H21N5O2S. The normalized spacial score (nSPS) is 14.3. The predicted octanol–water partition coefficient (Wildman–Crippen LogP) is 2.18. The molecule has 8 heteroatoms. The Bertz CT molecular complexity index is 737. The van der Waals surface area contributed by atoms with Crippen molar-refractivity contribution in [3.05, 3.63) is 29.8 Å². The van der Waals surface area contributed by atoms with Crippen LogP contribution in [0.1, 0.15) is 12.5 Å². The van der Waals surface area contributed by atoms with Crippen LogP contribution in [0.3, 0.4) is 0 Å². The minimum Gasteiger partial charge on any atom is -0.493 e. The van der Waals surface area contributed by atoms with Crippen LogP contribution in [-0.4, -0.2) is 53.4 Å². The maximum absolute atomic E-state index is 8.91. The summed E-state index contributed by atoms with van der Waals surface area (Å²) < 4.78 is 13.2. The number of aromatic nitrogens is 3. The summed E-state index contributed by atoms with van der Waals surface area (Å²) in [6.07, 6.45) is 0. The van der Waals surface area contributed by atoms with Gasteiger partial charge < -0.3 is 14.4 Å². The van der Waals surface area contributed by atoms with E-state index >= 15 is 0 Å². The monoisotopic (exact) mass is 359 g/mol. The first-order valence-electron chi connectivity index (χ1n) is 8.33. The van der Waals surface area contributed by atoms with E-state index < -0.39 is 0 Å². The molecular weight excluding hydrogens is 338 g/mol. The van der Waals surface area contributed by atoms with E-state index in [-0.39, 0.29) is 0 Å². The third-order valence-electron chi connectivity index (χ3n) is 3.85. The van der Waals surface area contributed by atoms with E-state index in [9.17, 15) is 0 Å². The van der Waals surface area contributed by atoms with Crippen LogP contribution in [0.2, 0.25) is 0 Å². The zero-order chi connectivity index (χ0) is 17.5. The van der Waals surface area contributed by atoms with E-state index in [1.54, 1.807) is 23.9 Å². The summed E-state index contributed by atoms with van der Waals surface area (Å²) in [5.41, 5.74) is 0.603. The number of ether oxygens (including phenoxy) is 2. The fraction of sp³-hybridized carbons (Fsp3) is 0.471. The quantitative estimate of drug-likeness (QED) is 0.554. The van der Waals surface area contributed by atoms with Gasteiger partial charge >= 0.3 is 0 Å². The van der Waals surface area contributed by atoms with Gasteiger partial charge in [-0.2, -0.15) is 5.26 Å². The van der Waals surface area contributed by atoms with Gasteiger partial charge in [-0.25, -0.2) is 0 Å². The lowest BCUT2D eigenvalue weighted by atomic mass is 10.2. The third kappa shape index (κ3) is 4.44. The molecule has 0 N–H and O–H groups in total. The average Bonchev–Trinajstić information content (AvgIpc) is 3.09. The van der Waals surface area contributed by atoms with Crippen molar-refractivity contribution < 1.29 is 9.47 Å². The topological polar surface area (TPSA) is 76.2 Å².